The van der Waals surface area contributed by atoms with Crippen molar-refractivity contribution in [2.24, 2.45) is 23.7 Å². The minimum Gasteiger partial charge on any atom is -0.299 e. The third-order valence-electron chi connectivity index (χ3n) is 5.56. The predicted molar refractivity (Wildman–Crippen MR) is 56.7 cm³/mol. The second-order valence-electron chi connectivity index (χ2n) is 6.04. The highest BCUT2D eigenvalue weighted by Crippen LogP contribution is 2.49. The van der Waals surface area contributed by atoms with Gasteiger partial charge in [-0.25, -0.2) is 4.79 Å². The van der Waals surface area contributed by atoms with Crippen molar-refractivity contribution in [2.75, 3.05) is 6.54 Å². The summed E-state index contributed by atoms with van der Waals surface area (Å²) >= 11 is 0. The summed E-state index contributed by atoms with van der Waals surface area (Å²) in [5.74, 6) is 2.15. The lowest BCUT2D eigenvalue weighted by molar-refractivity contribution is -0.850. The smallest absolute Gasteiger partial charge is 0.299 e. The molecule has 3 nitrogen and oxygen atoms in total. The van der Waals surface area contributed by atoms with Crippen molar-refractivity contribution in [1.82, 2.24) is 0 Å². The van der Waals surface area contributed by atoms with E-state index in [1.54, 1.807) is 0 Å². The van der Waals surface area contributed by atoms with Gasteiger partial charge in [0.15, 0.2) is 0 Å². The molecule has 1 N–H and O–H groups in total. The van der Waals surface area contributed by atoms with E-state index in [1.165, 1.54) is 4.90 Å². The Kier molecular flexibility index (Phi) is 1.72. The molecule has 4 rings (SSSR count). The first-order valence-corrected chi connectivity index (χ1v) is 6.72. The molecule has 0 spiro atoms. The highest BCUT2D eigenvalue weighted by atomic mass is 16.2. The lowest BCUT2D eigenvalue weighted by atomic mass is 9.74. The first kappa shape index (κ1) is 9.34. The Morgan fingerprint density at radius 3 is 2.56 bits per heavy atom. The Morgan fingerprint density at radius 2 is 1.69 bits per heavy atom. The number of Topliss-reactive ketones (excluding diaryl/α,β-unsaturated/α-hetero) is 1. The summed E-state index contributed by atoms with van der Waals surface area (Å²) in [6.07, 6.45) is 5.34. The molecule has 2 saturated carbocycles. The minimum absolute atomic E-state index is 0.241. The van der Waals surface area contributed by atoms with Crippen LogP contribution in [-0.2, 0) is 9.59 Å². The second kappa shape index (κ2) is 2.95. The zero-order valence-electron chi connectivity index (χ0n) is 9.45. The molecular weight excluding hydrogens is 202 g/mol. The summed E-state index contributed by atoms with van der Waals surface area (Å²) < 4.78 is 0. The van der Waals surface area contributed by atoms with Crippen LogP contribution >= 0.6 is 0 Å². The number of carbonyl (C=O) groups is 2. The summed E-state index contributed by atoms with van der Waals surface area (Å²) in [4.78, 5) is 25.8. The van der Waals surface area contributed by atoms with Crippen LogP contribution in [0.4, 0.5) is 0 Å². The number of carbonyl (C=O) groups excluding carboxylic acids is 2. The van der Waals surface area contributed by atoms with Crippen LogP contribution < -0.4 is 4.90 Å². The summed E-state index contributed by atoms with van der Waals surface area (Å²) in [6, 6.07) is 0.393. The van der Waals surface area contributed by atoms with Gasteiger partial charge >= 0.3 is 5.91 Å². The van der Waals surface area contributed by atoms with Crippen molar-refractivity contribution in [3.63, 3.8) is 0 Å². The molecule has 16 heavy (non-hydrogen) atoms. The molecule has 0 aromatic heterocycles. The van der Waals surface area contributed by atoms with Gasteiger partial charge in [0, 0.05) is 11.8 Å². The Hall–Kier alpha value is -0.700. The van der Waals surface area contributed by atoms with Crippen LogP contribution in [0.2, 0.25) is 0 Å². The van der Waals surface area contributed by atoms with Gasteiger partial charge in [-0.1, -0.05) is 6.42 Å². The maximum absolute atomic E-state index is 12.3. The van der Waals surface area contributed by atoms with E-state index in [4.69, 9.17) is 0 Å². The molecule has 2 aliphatic heterocycles. The van der Waals surface area contributed by atoms with Crippen molar-refractivity contribution in [2.45, 2.75) is 38.1 Å². The Morgan fingerprint density at radius 1 is 0.938 bits per heavy atom. The van der Waals surface area contributed by atoms with Gasteiger partial charge in [0.05, 0.1) is 18.4 Å². The van der Waals surface area contributed by atoms with Crippen LogP contribution in [0, 0.1) is 23.7 Å². The van der Waals surface area contributed by atoms with Crippen LogP contribution in [0.3, 0.4) is 0 Å². The monoisotopic (exact) mass is 220 g/mol. The molecule has 0 aromatic rings. The average Bonchev–Trinajstić information content (AvgIpc) is 2.78. The predicted octanol–water partition coefficient (Wildman–Crippen LogP) is -0.195. The van der Waals surface area contributed by atoms with E-state index >= 15 is 0 Å². The van der Waals surface area contributed by atoms with E-state index in [2.05, 4.69) is 0 Å². The Balaban J connectivity index is 1.83. The van der Waals surface area contributed by atoms with Crippen LogP contribution in [0.5, 0.6) is 0 Å². The van der Waals surface area contributed by atoms with Gasteiger partial charge in [0.2, 0.25) is 0 Å². The molecule has 0 aromatic carbocycles. The number of quaternary nitrogens is 1. The summed E-state index contributed by atoms with van der Waals surface area (Å²) in [6.45, 7) is 0.993. The molecule has 3 heteroatoms. The number of hydrogen-bond donors (Lipinski definition) is 1. The number of amides is 1. The number of piperidine rings is 1. The summed E-state index contributed by atoms with van der Waals surface area (Å²) in [7, 11) is 0. The van der Waals surface area contributed by atoms with E-state index < -0.39 is 0 Å². The van der Waals surface area contributed by atoms with Gasteiger partial charge < -0.3 is 0 Å². The van der Waals surface area contributed by atoms with Crippen molar-refractivity contribution < 1.29 is 14.5 Å². The number of hydrogen-bond acceptors (Lipinski definition) is 2. The molecule has 6 atom stereocenters. The van der Waals surface area contributed by atoms with E-state index in [1.807, 2.05) is 0 Å². The van der Waals surface area contributed by atoms with E-state index in [9.17, 15) is 9.59 Å². The second-order valence-corrected chi connectivity index (χ2v) is 6.04. The van der Waals surface area contributed by atoms with E-state index in [0.29, 0.717) is 23.7 Å². The van der Waals surface area contributed by atoms with E-state index in [-0.39, 0.29) is 17.8 Å². The van der Waals surface area contributed by atoms with Gasteiger partial charge in [-0.3, -0.25) is 9.69 Å². The van der Waals surface area contributed by atoms with Gasteiger partial charge in [-0.05, 0) is 25.7 Å². The molecule has 1 amide bonds. The molecule has 6 unspecified atom stereocenters. The first-order chi connectivity index (χ1) is 7.79. The third-order valence-corrected chi connectivity index (χ3v) is 5.56. The third kappa shape index (κ3) is 0.899. The standard InChI is InChI=1S/C13H17NO2/c15-12-7-3-1-4-8-10(7)11-9(12)5-2-6-14(11)13(8)16/h7-11H,1-6H2/p+1. The Labute approximate surface area is 95.2 Å². The lowest BCUT2D eigenvalue weighted by Gasteiger charge is -2.28. The molecule has 4 fully saturated rings. The molecule has 0 radical (unpaired) electrons. The fourth-order valence-corrected chi connectivity index (χ4v) is 5.08. The van der Waals surface area contributed by atoms with E-state index in [0.717, 1.165) is 38.6 Å². The molecule has 2 heterocycles. The van der Waals surface area contributed by atoms with Crippen molar-refractivity contribution in [3.8, 4) is 0 Å². The molecular formula is C13H18NO2+. The van der Waals surface area contributed by atoms with Gasteiger partial charge in [-0.15, -0.1) is 0 Å². The fraction of sp³-hybridized carbons (Fsp3) is 0.846. The van der Waals surface area contributed by atoms with Crippen molar-refractivity contribution >= 4 is 11.7 Å². The number of ketones is 1. The maximum Gasteiger partial charge on any atom is 0.315 e. The molecule has 2 aliphatic carbocycles. The topological polar surface area (TPSA) is 38.6 Å². The minimum atomic E-state index is 0.241. The van der Waals surface area contributed by atoms with Crippen molar-refractivity contribution in [3.05, 3.63) is 0 Å². The van der Waals surface area contributed by atoms with Gasteiger partial charge in [0.25, 0.3) is 0 Å². The van der Waals surface area contributed by atoms with Crippen LogP contribution in [0.15, 0.2) is 0 Å². The normalized spacial score (nSPS) is 54.2. The largest absolute Gasteiger partial charge is 0.315 e. The average molecular weight is 220 g/mol. The molecule has 4 aliphatic rings. The summed E-state index contributed by atoms with van der Waals surface area (Å²) in [5.41, 5.74) is 0. The van der Waals surface area contributed by atoms with Gasteiger partial charge in [-0.2, -0.15) is 0 Å². The SMILES string of the molecule is O=C1C2CCCC3C(=O)[NH+]4CCCC1C4C23. The summed E-state index contributed by atoms with van der Waals surface area (Å²) in [5, 5.41) is 0. The Bertz CT molecular complexity index is 314. The fourth-order valence-electron chi connectivity index (χ4n) is 5.08. The lowest BCUT2D eigenvalue weighted by Crippen LogP contribution is -3.18. The van der Waals surface area contributed by atoms with Crippen LogP contribution in [0.1, 0.15) is 32.1 Å². The maximum atomic E-state index is 12.3. The first-order valence-electron chi connectivity index (χ1n) is 6.72. The zero-order valence-corrected chi connectivity index (χ0v) is 9.45. The number of rotatable bonds is 0. The zero-order chi connectivity index (χ0) is 10.9. The highest BCUT2D eigenvalue weighted by molar-refractivity contribution is 5.90. The van der Waals surface area contributed by atoms with Gasteiger partial charge in [0.1, 0.15) is 11.8 Å². The van der Waals surface area contributed by atoms with Crippen LogP contribution in [0.25, 0.3) is 0 Å². The quantitative estimate of drug-likeness (QED) is 0.614. The molecule has 0 bridgehead atoms. The van der Waals surface area contributed by atoms with Crippen molar-refractivity contribution in [1.29, 1.82) is 0 Å². The highest BCUT2D eigenvalue weighted by Gasteiger charge is 2.67. The molecule has 2 saturated heterocycles. The number of nitrogens with one attached hydrogen (secondary N) is 1. The molecule has 86 valence electrons. The van der Waals surface area contributed by atoms with Crippen LogP contribution in [-0.4, -0.2) is 24.3 Å².